The van der Waals surface area contributed by atoms with E-state index >= 15 is 0 Å². The summed E-state index contributed by atoms with van der Waals surface area (Å²) < 4.78 is 5.37. The predicted octanol–water partition coefficient (Wildman–Crippen LogP) is 4.62. The first-order chi connectivity index (χ1) is 11.8. The summed E-state index contributed by atoms with van der Waals surface area (Å²) in [7, 11) is 0. The van der Waals surface area contributed by atoms with Crippen LogP contribution < -0.4 is 5.32 Å². The van der Waals surface area contributed by atoms with E-state index < -0.39 is 34.4 Å². The maximum absolute atomic E-state index is 12.2. The molecule has 0 saturated heterocycles. The van der Waals surface area contributed by atoms with Gasteiger partial charge in [-0.15, -0.1) is 0 Å². The van der Waals surface area contributed by atoms with Crippen LogP contribution in [0.4, 0.5) is 4.79 Å². The fourth-order valence-corrected chi connectivity index (χ4v) is 5.11. The number of amides is 1. The first-order valence-electron chi connectivity index (χ1n) is 9.69. The lowest BCUT2D eigenvalue weighted by Crippen LogP contribution is -2.61. The van der Waals surface area contributed by atoms with Gasteiger partial charge < -0.3 is 15.2 Å². The molecule has 0 spiro atoms. The molecular formula is C21H35NO4. The lowest BCUT2D eigenvalue weighted by molar-refractivity contribution is -0.167. The molecule has 2 N–H and O–H groups in total. The van der Waals surface area contributed by atoms with Crippen LogP contribution in [0.25, 0.3) is 0 Å². The van der Waals surface area contributed by atoms with E-state index in [4.69, 9.17) is 4.74 Å². The monoisotopic (exact) mass is 365 g/mol. The highest BCUT2D eigenvalue weighted by Gasteiger charge is 2.62. The first kappa shape index (κ1) is 20.8. The van der Waals surface area contributed by atoms with E-state index in [0.29, 0.717) is 12.5 Å². The number of ether oxygens (including phenoxy) is 1. The molecule has 5 nitrogen and oxygen atoms in total. The molecule has 0 radical (unpaired) electrons. The Kier molecular flexibility index (Phi) is 5.51. The molecule has 1 saturated carbocycles. The third kappa shape index (κ3) is 4.07. The zero-order valence-corrected chi connectivity index (χ0v) is 17.3. The second-order valence-electron chi connectivity index (χ2n) is 10.1. The van der Waals surface area contributed by atoms with Gasteiger partial charge in [0.05, 0.1) is 5.92 Å². The van der Waals surface area contributed by atoms with Crippen molar-refractivity contribution in [3.05, 3.63) is 11.6 Å². The summed E-state index contributed by atoms with van der Waals surface area (Å²) in [6, 6.07) is 0. The summed E-state index contributed by atoms with van der Waals surface area (Å²) in [6.07, 6.45) is 4.71. The van der Waals surface area contributed by atoms with E-state index in [0.717, 1.165) is 19.3 Å². The van der Waals surface area contributed by atoms with E-state index in [1.807, 2.05) is 41.5 Å². The number of carbonyl (C=O) groups excluding carboxylic acids is 1. The van der Waals surface area contributed by atoms with Crippen LogP contribution in [0.1, 0.15) is 67.7 Å². The van der Waals surface area contributed by atoms with Crippen molar-refractivity contribution in [2.24, 2.45) is 28.6 Å². The zero-order valence-electron chi connectivity index (χ0n) is 17.3. The highest BCUT2D eigenvalue weighted by molar-refractivity contribution is 5.73. The third-order valence-electron chi connectivity index (χ3n) is 5.86. The molecule has 4 atom stereocenters. The van der Waals surface area contributed by atoms with Gasteiger partial charge in [0.1, 0.15) is 5.60 Å². The van der Waals surface area contributed by atoms with Gasteiger partial charge in [-0.2, -0.15) is 0 Å². The number of hydrogen-bond donors (Lipinski definition) is 2. The highest BCUT2D eigenvalue weighted by Crippen LogP contribution is 2.64. The molecule has 1 amide bonds. The average Bonchev–Trinajstić information content (AvgIpc) is 2.77. The van der Waals surface area contributed by atoms with Crippen molar-refractivity contribution < 1.29 is 19.4 Å². The molecule has 0 aliphatic heterocycles. The summed E-state index contributed by atoms with van der Waals surface area (Å²) in [5, 5.41) is 12.9. The van der Waals surface area contributed by atoms with E-state index in [-0.39, 0.29) is 5.92 Å². The minimum Gasteiger partial charge on any atom is -0.481 e. The Balaban J connectivity index is 2.28. The number of nitrogens with one attached hydrogen (secondary N) is 1. The number of rotatable bonds is 5. The largest absolute Gasteiger partial charge is 0.481 e. The van der Waals surface area contributed by atoms with Gasteiger partial charge in [-0.1, -0.05) is 39.3 Å². The number of hydrogen-bond acceptors (Lipinski definition) is 3. The molecule has 2 rings (SSSR count). The summed E-state index contributed by atoms with van der Waals surface area (Å²) in [5.74, 6) is -0.582. The number of carboxylic acids is 1. The van der Waals surface area contributed by atoms with Crippen LogP contribution in [0.5, 0.6) is 0 Å². The average molecular weight is 366 g/mol. The van der Waals surface area contributed by atoms with Gasteiger partial charge >= 0.3 is 12.1 Å². The zero-order chi connectivity index (χ0) is 19.9. The molecule has 0 heterocycles. The van der Waals surface area contributed by atoms with Crippen molar-refractivity contribution in [2.45, 2.75) is 73.3 Å². The first-order valence-corrected chi connectivity index (χ1v) is 9.69. The molecular weight excluding hydrogens is 330 g/mol. The van der Waals surface area contributed by atoms with Crippen LogP contribution in [0.3, 0.4) is 0 Å². The van der Waals surface area contributed by atoms with Crippen molar-refractivity contribution in [3.8, 4) is 0 Å². The second-order valence-corrected chi connectivity index (χ2v) is 10.1. The van der Waals surface area contributed by atoms with E-state index in [1.165, 1.54) is 5.57 Å². The SMILES string of the molecule is CCC1=CC2C(C1)CC2(CNC(=O)OC(C)(C)C)C(C(=O)O)C(C)(C)C. The maximum atomic E-state index is 12.2. The number of aliphatic carboxylic acids is 1. The molecule has 2 aliphatic rings. The molecule has 0 aromatic carbocycles. The van der Waals surface area contributed by atoms with E-state index in [2.05, 4.69) is 18.3 Å². The van der Waals surface area contributed by atoms with Gasteiger partial charge in [-0.3, -0.25) is 4.79 Å². The molecule has 0 bridgehead atoms. The molecule has 26 heavy (non-hydrogen) atoms. The molecule has 0 aromatic rings. The van der Waals surface area contributed by atoms with Crippen molar-refractivity contribution in [2.75, 3.05) is 6.54 Å². The van der Waals surface area contributed by atoms with Gasteiger partial charge in [0.2, 0.25) is 0 Å². The van der Waals surface area contributed by atoms with Crippen molar-refractivity contribution >= 4 is 12.1 Å². The number of alkyl carbamates (subject to hydrolysis) is 1. The molecule has 0 aromatic heterocycles. The molecule has 2 aliphatic carbocycles. The van der Waals surface area contributed by atoms with Gasteiger partial charge in [-0.05, 0) is 57.3 Å². The Morgan fingerprint density at radius 2 is 1.92 bits per heavy atom. The lowest BCUT2D eigenvalue weighted by Gasteiger charge is -2.58. The number of carboxylic acid groups (broad SMARTS) is 1. The molecule has 148 valence electrons. The van der Waals surface area contributed by atoms with Gasteiger partial charge in [0.15, 0.2) is 0 Å². The van der Waals surface area contributed by atoms with Crippen molar-refractivity contribution in [1.82, 2.24) is 5.32 Å². The Labute approximate surface area is 157 Å². The van der Waals surface area contributed by atoms with Crippen molar-refractivity contribution in [3.63, 3.8) is 0 Å². The second kappa shape index (κ2) is 6.90. The fourth-order valence-electron chi connectivity index (χ4n) is 5.11. The van der Waals surface area contributed by atoms with Gasteiger partial charge in [-0.25, -0.2) is 4.79 Å². The van der Waals surface area contributed by atoms with Crippen LogP contribution in [-0.4, -0.2) is 29.3 Å². The minimum atomic E-state index is -0.778. The normalized spacial score (nSPS) is 29.3. The molecule has 4 unspecified atom stereocenters. The Morgan fingerprint density at radius 1 is 1.31 bits per heavy atom. The van der Waals surface area contributed by atoms with Crippen LogP contribution >= 0.6 is 0 Å². The Bertz CT molecular complexity index is 596. The Hall–Kier alpha value is -1.52. The lowest BCUT2D eigenvalue weighted by atomic mass is 9.46. The summed E-state index contributed by atoms with van der Waals surface area (Å²) in [6.45, 7) is 13.9. The van der Waals surface area contributed by atoms with Crippen LogP contribution in [0.15, 0.2) is 11.6 Å². The van der Waals surface area contributed by atoms with Crippen molar-refractivity contribution in [1.29, 1.82) is 0 Å². The van der Waals surface area contributed by atoms with E-state index in [9.17, 15) is 14.7 Å². The fraction of sp³-hybridized carbons (Fsp3) is 0.810. The van der Waals surface area contributed by atoms with Gasteiger partial charge in [0.25, 0.3) is 0 Å². The quantitative estimate of drug-likeness (QED) is 0.697. The van der Waals surface area contributed by atoms with Crippen LogP contribution in [-0.2, 0) is 9.53 Å². The number of carbonyl (C=O) groups is 2. The Morgan fingerprint density at radius 3 is 2.38 bits per heavy atom. The summed E-state index contributed by atoms with van der Waals surface area (Å²) in [4.78, 5) is 24.4. The third-order valence-corrected chi connectivity index (χ3v) is 5.86. The minimum absolute atomic E-state index is 0.215. The van der Waals surface area contributed by atoms with Gasteiger partial charge in [0, 0.05) is 12.0 Å². The summed E-state index contributed by atoms with van der Waals surface area (Å²) in [5.41, 5.74) is -0.00651. The number of fused-ring (bicyclic) bond motifs is 1. The maximum Gasteiger partial charge on any atom is 0.407 e. The number of allylic oxidation sites excluding steroid dienone is 2. The standard InChI is InChI=1S/C21H35NO4/c1-8-13-9-14-11-21(15(14)10-13,16(17(23)24)19(2,3)4)12-22-18(25)26-20(5,6)7/h10,14-16H,8-9,11-12H2,1-7H3,(H,22,25)(H,23,24). The van der Waals surface area contributed by atoms with E-state index in [1.54, 1.807) is 0 Å². The van der Waals surface area contributed by atoms with Crippen LogP contribution in [0, 0.1) is 28.6 Å². The summed E-state index contributed by atoms with van der Waals surface area (Å²) >= 11 is 0. The molecule has 5 heteroatoms. The molecule has 1 fully saturated rings. The smallest absolute Gasteiger partial charge is 0.407 e. The highest BCUT2D eigenvalue weighted by atomic mass is 16.6. The topological polar surface area (TPSA) is 75.6 Å². The van der Waals surface area contributed by atoms with Crippen LogP contribution in [0.2, 0.25) is 0 Å². The predicted molar refractivity (Wildman–Crippen MR) is 102 cm³/mol.